The van der Waals surface area contributed by atoms with Crippen LogP contribution in [0.2, 0.25) is 5.02 Å². The molecule has 0 aliphatic carbocycles. The summed E-state index contributed by atoms with van der Waals surface area (Å²) in [7, 11) is 1.33. The first-order chi connectivity index (χ1) is 9.90. The van der Waals surface area contributed by atoms with Crippen molar-refractivity contribution in [2.75, 3.05) is 7.11 Å². The van der Waals surface area contributed by atoms with Crippen molar-refractivity contribution >= 4 is 23.3 Å². The van der Waals surface area contributed by atoms with E-state index < -0.39 is 11.0 Å². The van der Waals surface area contributed by atoms with Crippen LogP contribution in [0.25, 0.3) is 0 Å². The minimum Gasteiger partial charge on any atom is -0.468 e. The summed E-state index contributed by atoms with van der Waals surface area (Å²) >= 11 is 6.03. The monoisotopic (exact) mass is 314 g/mol. The molecule has 1 aromatic rings. The minimum atomic E-state index is -0.480. The number of carbonyl (C=O) groups is 1. The number of rotatable bonds is 7. The Kier molecular flexibility index (Phi) is 6.58. The van der Waals surface area contributed by atoms with Crippen LogP contribution in [0.15, 0.2) is 18.2 Å². The lowest BCUT2D eigenvalue weighted by Crippen LogP contribution is -2.42. The second kappa shape index (κ2) is 7.95. The van der Waals surface area contributed by atoms with Gasteiger partial charge in [-0.05, 0) is 17.5 Å². The van der Waals surface area contributed by atoms with Crippen molar-refractivity contribution in [3.63, 3.8) is 0 Å². The zero-order chi connectivity index (χ0) is 16.0. The van der Waals surface area contributed by atoms with E-state index in [1.807, 2.05) is 13.8 Å². The van der Waals surface area contributed by atoms with E-state index in [2.05, 4.69) is 5.32 Å². The van der Waals surface area contributed by atoms with Gasteiger partial charge in [0.2, 0.25) is 0 Å². The highest BCUT2D eigenvalue weighted by atomic mass is 35.5. The lowest BCUT2D eigenvalue weighted by molar-refractivity contribution is -0.384. The first-order valence-corrected chi connectivity index (χ1v) is 7.02. The summed E-state index contributed by atoms with van der Waals surface area (Å²) in [6.07, 6.45) is 0.801. The molecule has 1 N–H and O–H groups in total. The standard InChI is InChI=1S/C14H19ClN2O4/c1-4-9(2)13(14(18)21-3)16-8-10-7-11(17(19)20)5-6-12(10)15/h5-7,9,13,16H,4,8H2,1-3H3. The zero-order valence-corrected chi connectivity index (χ0v) is 13.0. The molecule has 0 radical (unpaired) electrons. The van der Waals surface area contributed by atoms with Gasteiger partial charge >= 0.3 is 5.97 Å². The Balaban J connectivity index is 2.87. The van der Waals surface area contributed by atoms with Crippen LogP contribution >= 0.6 is 11.6 Å². The fourth-order valence-electron chi connectivity index (χ4n) is 1.91. The molecule has 7 heteroatoms. The average Bonchev–Trinajstić information content (AvgIpc) is 2.47. The topological polar surface area (TPSA) is 81.5 Å². The number of halogens is 1. The Labute approximate surface area is 128 Å². The van der Waals surface area contributed by atoms with Crippen LogP contribution in [0.1, 0.15) is 25.8 Å². The van der Waals surface area contributed by atoms with Crippen molar-refractivity contribution in [2.24, 2.45) is 5.92 Å². The van der Waals surface area contributed by atoms with Gasteiger partial charge in [0.1, 0.15) is 6.04 Å². The third-order valence-corrected chi connectivity index (χ3v) is 3.79. The zero-order valence-electron chi connectivity index (χ0n) is 12.3. The number of methoxy groups -OCH3 is 1. The molecule has 6 nitrogen and oxygen atoms in total. The van der Waals surface area contributed by atoms with Gasteiger partial charge in [0.05, 0.1) is 12.0 Å². The molecular weight excluding hydrogens is 296 g/mol. The molecule has 2 atom stereocenters. The van der Waals surface area contributed by atoms with Gasteiger partial charge in [0.15, 0.2) is 0 Å². The van der Waals surface area contributed by atoms with Crippen molar-refractivity contribution in [1.29, 1.82) is 0 Å². The second-order valence-electron chi connectivity index (χ2n) is 4.80. The molecule has 0 saturated carbocycles. The molecule has 0 aliphatic rings. The van der Waals surface area contributed by atoms with Crippen LogP contribution in [0, 0.1) is 16.0 Å². The van der Waals surface area contributed by atoms with E-state index >= 15 is 0 Å². The van der Waals surface area contributed by atoms with E-state index in [4.69, 9.17) is 16.3 Å². The van der Waals surface area contributed by atoms with E-state index in [-0.39, 0.29) is 24.1 Å². The number of hydrogen-bond donors (Lipinski definition) is 1. The smallest absolute Gasteiger partial charge is 0.323 e. The quantitative estimate of drug-likeness (QED) is 0.475. The van der Waals surface area contributed by atoms with Crippen molar-refractivity contribution in [3.8, 4) is 0 Å². The third kappa shape index (κ3) is 4.68. The highest BCUT2D eigenvalue weighted by Crippen LogP contribution is 2.22. The van der Waals surface area contributed by atoms with Crippen LogP contribution in [0.5, 0.6) is 0 Å². The summed E-state index contributed by atoms with van der Waals surface area (Å²) in [6, 6.07) is 3.75. The van der Waals surface area contributed by atoms with Gasteiger partial charge in [-0.2, -0.15) is 0 Å². The first-order valence-electron chi connectivity index (χ1n) is 6.64. The Morgan fingerprint density at radius 1 is 1.52 bits per heavy atom. The molecule has 0 aromatic heterocycles. The lowest BCUT2D eigenvalue weighted by Gasteiger charge is -2.22. The average molecular weight is 315 g/mol. The number of nitro groups is 1. The van der Waals surface area contributed by atoms with Crippen LogP contribution < -0.4 is 5.32 Å². The highest BCUT2D eigenvalue weighted by Gasteiger charge is 2.24. The predicted molar refractivity (Wildman–Crippen MR) is 80.2 cm³/mol. The van der Waals surface area contributed by atoms with Gasteiger partial charge < -0.3 is 10.1 Å². The largest absolute Gasteiger partial charge is 0.468 e. The maximum absolute atomic E-state index is 11.8. The molecule has 0 bridgehead atoms. The van der Waals surface area contributed by atoms with Crippen LogP contribution in [-0.4, -0.2) is 24.0 Å². The molecule has 0 fully saturated rings. The summed E-state index contributed by atoms with van der Waals surface area (Å²) in [6.45, 7) is 4.16. The maximum atomic E-state index is 11.8. The molecule has 1 aromatic carbocycles. The van der Waals surface area contributed by atoms with E-state index in [9.17, 15) is 14.9 Å². The molecule has 0 aliphatic heterocycles. The van der Waals surface area contributed by atoms with E-state index in [0.29, 0.717) is 10.6 Å². The summed E-state index contributed by atoms with van der Waals surface area (Å²) in [5.41, 5.74) is 0.539. The number of nitrogens with one attached hydrogen (secondary N) is 1. The predicted octanol–water partition coefficient (Wildman–Crippen LogP) is 2.93. The normalized spacial score (nSPS) is 13.5. The van der Waals surface area contributed by atoms with Gasteiger partial charge in [-0.25, -0.2) is 0 Å². The Morgan fingerprint density at radius 3 is 2.71 bits per heavy atom. The first kappa shape index (κ1) is 17.4. The van der Waals surface area contributed by atoms with Gasteiger partial charge in [0.25, 0.3) is 5.69 Å². The van der Waals surface area contributed by atoms with Crippen molar-refractivity contribution in [3.05, 3.63) is 38.9 Å². The molecule has 0 saturated heterocycles. The number of non-ortho nitro benzene ring substituents is 1. The SMILES string of the molecule is CCC(C)C(NCc1cc([N+](=O)[O-])ccc1Cl)C(=O)OC. The molecule has 0 spiro atoms. The van der Waals surface area contributed by atoms with Crippen molar-refractivity contribution in [1.82, 2.24) is 5.32 Å². The van der Waals surface area contributed by atoms with Crippen LogP contribution in [-0.2, 0) is 16.1 Å². The highest BCUT2D eigenvalue weighted by molar-refractivity contribution is 6.31. The number of benzene rings is 1. The van der Waals surface area contributed by atoms with Crippen LogP contribution in [0.3, 0.4) is 0 Å². The summed E-state index contributed by atoms with van der Waals surface area (Å²) in [5, 5.41) is 14.3. The van der Waals surface area contributed by atoms with Gasteiger partial charge in [0, 0.05) is 23.7 Å². The Morgan fingerprint density at radius 2 is 2.19 bits per heavy atom. The number of carbonyl (C=O) groups excluding carboxylic acids is 1. The van der Waals surface area contributed by atoms with Crippen LogP contribution in [0.4, 0.5) is 5.69 Å². The third-order valence-electron chi connectivity index (χ3n) is 3.42. The number of nitrogens with zero attached hydrogens (tertiary/aromatic N) is 1. The summed E-state index contributed by atoms with van der Waals surface area (Å²) in [4.78, 5) is 22.1. The summed E-state index contributed by atoms with van der Waals surface area (Å²) in [5.74, 6) is -0.277. The molecular formula is C14H19ClN2O4. The molecule has 0 amide bonds. The van der Waals surface area contributed by atoms with Gasteiger partial charge in [-0.15, -0.1) is 0 Å². The number of esters is 1. The number of ether oxygens (including phenoxy) is 1. The van der Waals surface area contributed by atoms with Crippen molar-refractivity contribution in [2.45, 2.75) is 32.9 Å². The van der Waals surface area contributed by atoms with Gasteiger partial charge in [-0.1, -0.05) is 31.9 Å². The Hall–Kier alpha value is -1.66. The lowest BCUT2D eigenvalue weighted by atomic mass is 9.99. The second-order valence-corrected chi connectivity index (χ2v) is 5.21. The maximum Gasteiger partial charge on any atom is 0.323 e. The van der Waals surface area contributed by atoms with Crippen molar-refractivity contribution < 1.29 is 14.5 Å². The molecule has 116 valence electrons. The van der Waals surface area contributed by atoms with E-state index in [1.165, 1.54) is 25.3 Å². The van der Waals surface area contributed by atoms with E-state index in [0.717, 1.165) is 6.42 Å². The molecule has 1 rings (SSSR count). The van der Waals surface area contributed by atoms with Gasteiger partial charge in [-0.3, -0.25) is 14.9 Å². The molecule has 21 heavy (non-hydrogen) atoms. The molecule has 0 heterocycles. The molecule has 2 unspecified atom stereocenters. The fraction of sp³-hybridized carbons (Fsp3) is 0.500. The fourth-order valence-corrected chi connectivity index (χ4v) is 2.09. The summed E-state index contributed by atoms with van der Waals surface area (Å²) < 4.78 is 4.77. The Bertz CT molecular complexity index is 522. The minimum absolute atomic E-state index is 0.0330. The number of hydrogen-bond acceptors (Lipinski definition) is 5. The van der Waals surface area contributed by atoms with E-state index in [1.54, 1.807) is 0 Å². The number of nitro benzene ring substituents is 1.